The Labute approximate surface area is 146 Å². The summed E-state index contributed by atoms with van der Waals surface area (Å²) in [4.78, 5) is 19.0. The van der Waals surface area contributed by atoms with E-state index in [0.717, 1.165) is 48.8 Å². The molecule has 4 heterocycles. The number of carbonyl (C=O) groups excluding carboxylic acids is 1. The van der Waals surface area contributed by atoms with Gasteiger partial charge in [0.1, 0.15) is 5.76 Å². The fraction of sp³-hybridized carbons (Fsp3) is 0.500. The lowest BCUT2D eigenvalue weighted by atomic mass is 9.99. The molecule has 132 valence electrons. The summed E-state index contributed by atoms with van der Waals surface area (Å²) in [6, 6.07) is 3.65. The third-order valence-electron chi connectivity index (χ3n) is 5.06. The first-order valence-electron chi connectivity index (χ1n) is 8.60. The number of nitrogens with zero attached hydrogens (tertiary/aromatic N) is 3. The Kier molecular flexibility index (Phi) is 4.27. The Bertz CT molecular complexity index is 741. The largest absolute Gasteiger partial charge is 0.371 e. The number of pyridine rings is 1. The molecule has 2 aliphatic heterocycles. The van der Waals surface area contributed by atoms with Gasteiger partial charge in [0, 0.05) is 31.4 Å². The molecule has 7 nitrogen and oxygen atoms in total. The van der Waals surface area contributed by atoms with Crippen molar-refractivity contribution in [1.82, 2.24) is 15.0 Å². The van der Waals surface area contributed by atoms with Gasteiger partial charge in [-0.15, -0.1) is 0 Å². The number of ether oxygens (including phenoxy) is 1. The van der Waals surface area contributed by atoms with Crippen LogP contribution in [0.15, 0.2) is 29.0 Å². The normalized spacial score (nSPS) is 25.9. The maximum absolute atomic E-state index is 12.6. The maximum atomic E-state index is 12.6. The summed E-state index contributed by atoms with van der Waals surface area (Å²) >= 11 is 0. The van der Waals surface area contributed by atoms with Crippen molar-refractivity contribution in [2.75, 3.05) is 18.4 Å². The predicted octanol–water partition coefficient (Wildman–Crippen LogP) is 1.91. The maximum Gasteiger partial charge on any atom is 0.230 e. The zero-order valence-electron chi connectivity index (χ0n) is 14.4. The quantitative estimate of drug-likeness (QED) is 0.914. The van der Waals surface area contributed by atoms with Crippen molar-refractivity contribution in [2.24, 2.45) is 5.92 Å². The number of aryl methyl sites for hydroxylation is 2. The number of likely N-dealkylation sites (tertiary alicyclic amines) is 1. The van der Waals surface area contributed by atoms with Crippen LogP contribution in [0, 0.1) is 19.8 Å². The summed E-state index contributed by atoms with van der Waals surface area (Å²) in [5.41, 5.74) is 2.79. The summed E-state index contributed by atoms with van der Waals surface area (Å²) in [6.45, 7) is 6.26. The van der Waals surface area contributed by atoms with Gasteiger partial charge in [0.15, 0.2) is 0 Å². The van der Waals surface area contributed by atoms with Crippen LogP contribution in [0.2, 0.25) is 0 Å². The van der Waals surface area contributed by atoms with Crippen molar-refractivity contribution in [1.29, 1.82) is 0 Å². The molecule has 0 saturated carbocycles. The number of hydrogen-bond acceptors (Lipinski definition) is 6. The van der Waals surface area contributed by atoms with Crippen LogP contribution in [-0.2, 0) is 16.1 Å². The number of rotatable bonds is 4. The molecule has 0 spiro atoms. The minimum Gasteiger partial charge on any atom is -0.371 e. The molecule has 2 aromatic rings. The molecular weight excluding hydrogens is 320 g/mol. The minimum absolute atomic E-state index is 0.0136. The van der Waals surface area contributed by atoms with E-state index in [0.29, 0.717) is 0 Å². The number of aromatic nitrogens is 2. The molecule has 4 rings (SSSR count). The molecule has 25 heavy (non-hydrogen) atoms. The van der Waals surface area contributed by atoms with E-state index < -0.39 is 0 Å². The van der Waals surface area contributed by atoms with Crippen LogP contribution in [0.4, 0.5) is 5.69 Å². The highest BCUT2D eigenvalue weighted by Crippen LogP contribution is 2.33. The molecule has 1 amide bonds. The van der Waals surface area contributed by atoms with Gasteiger partial charge >= 0.3 is 0 Å². The number of hydrogen-bond donors (Lipinski definition) is 1. The van der Waals surface area contributed by atoms with E-state index in [4.69, 9.17) is 9.26 Å². The van der Waals surface area contributed by atoms with Crippen molar-refractivity contribution < 1.29 is 14.1 Å². The van der Waals surface area contributed by atoms with Gasteiger partial charge < -0.3 is 14.6 Å². The standard InChI is InChI=1S/C18H22N4O3/c1-11-16(12(2)25-21-11)9-22-8-14-6-15(17(10-22)24-14)18(23)20-13-4-3-5-19-7-13/h3-5,7,14-15,17H,6,8-10H2,1-2H3,(H,20,23)/t14-,15-,17-/m1/s1. The fourth-order valence-electron chi connectivity index (χ4n) is 3.77. The Morgan fingerprint density at radius 3 is 3.00 bits per heavy atom. The average molecular weight is 342 g/mol. The van der Waals surface area contributed by atoms with Gasteiger partial charge in [0.25, 0.3) is 0 Å². The highest BCUT2D eigenvalue weighted by atomic mass is 16.5. The van der Waals surface area contributed by atoms with Crippen LogP contribution in [-0.4, -0.2) is 46.2 Å². The van der Waals surface area contributed by atoms with Gasteiger partial charge in [-0.25, -0.2) is 0 Å². The van der Waals surface area contributed by atoms with Crippen LogP contribution in [0.5, 0.6) is 0 Å². The lowest BCUT2D eigenvalue weighted by Gasteiger charge is -2.32. The second-order valence-corrected chi connectivity index (χ2v) is 6.87. The second-order valence-electron chi connectivity index (χ2n) is 6.87. The molecule has 7 heteroatoms. The zero-order chi connectivity index (χ0) is 17.4. The van der Waals surface area contributed by atoms with Gasteiger partial charge in [0.05, 0.1) is 35.7 Å². The van der Waals surface area contributed by atoms with E-state index >= 15 is 0 Å². The lowest BCUT2D eigenvalue weighted by Crippen LogP contribution is -2.44. The van der Waals surface area contributed by atoms with Crippen LogP contribution in [0.3, 0.4) is 0 Å². The monoisotopic (exact) mass is 342 g/mol. The molecule has 2 saturated heterocycles. The third-order valence-corrected chi connectivity index (χ3v) is 5.06. The summed E-state index contributed by atoms with van der Waals surface area (Å²) in [5, 5.41) is 6.97. The van der Waals surface area contributed by atoms with Crippen LogP contribution in [0.1, 0.15) is 23.4 Å². The van der Waals surface area contributed by atoms with Crippen molar-refractivity contribution in [2.45, 2.75) is 39.0 Å². The van der Waals surface area contributed by atoms with Crippen molar-refractivity contribution >= 4 is 11.6 Å². The van der Waals surface area contributed by atoms with Crippen molar-refractivity contribution in [3.05, 3.63) is 41.5 Å². The van der Waals surface area contributed by atoms with Crippen LogP contribution >= 0.6 is 0 Å². The molecule has 2 bridgehead atoms. The highest BCUT2D eigenvalue weighted by molar-refractivity contribution is 5.93. The van der Waals surface area contributed by atoms with Crippen LogP contribution in [0.25, 0.3) is 0 Å². The number of fused-ring (bicyclic) bond motifs is 2. The number of anilines is 1. The lowest BCUT2D eigenvalue weighted by molar-refractivity contribution is -0.123. The van der Waals surface area contributed by atoms with Gasteiger partial charge in [-0.3, -0.25) is 14.7 Å². The summed E-state index contributed by atoms with van der Waals surface area (Å²) < 4.78 is 11.3. The van der Waals surface area contributed by atoms with Crippen molar-refractivity contribution in [3.8, 4) is 0 Å². The molecule has 0 unspecified atom stereocenters. The summed E-state index contributed by atoms with van der Waals surface area (Å²) in [7, 11) is 0. The Morgan fingerprint density at radius 1 is 1.40 bits per heavy atom. The van der Waals surface area contributed by atoms with Gasteiger partial charge in [0.2, 0.25) is 5.91 Å². The van der Waals surface area contributed by atoms with E-state index in [1.807, 2.05) is 26.0 Å². The zero-order valence-corrected chi connectivity index (χ0v) is 14.4. The third kappa shape index (κ3) is 3.29. The highest BCUT2D eigenvalue weighted by Gasteiger charge is 2.44. The van der Waals surface area contributed by atoms with E-state index in [1.54, 1.807) is 12.4 Å². The first-order chi connectivity index (χ1) is 12.1. The van der Waals surface area contributed by atoms with E-state index in [1.165, 1.54) is 0 Å². The first kappa shape index (κ1) is 16.2. The molecule has 3 atom stereocenters. The summed E-state index contributed by atoms with van der Waals surface area (Å²) in [6.07, 6.45) is 4.13. The van der Waals surface area contributed by atoms with E-state index in [9.17, 15) is 4.79 Å². The second kappa shape index (κ2) is 6.57. The number of carbonyl (C=O) groups is 1. The van der Waals surface area contributed by atoms with Gasteiger partial charge in [-0.2, -0.15) is 0 Å². The fourth-order valence-corrected chi connectivity index (χ4v) is 3.77. The Hall–Kier alpha value is -2.25. The summed E-state index contributed by atoms with van der Waals surface area (Å²) in [5.74, 6) is 0.752. The molecule has 2 aromatic heterocycles. The molecule has 2 fully saturated rings. The Balaban J connectivity index is 1.41. The molecule has 0 aliphatic carbocycles. The molecule has 0 radical (unpaired) electrons. The van der Waals surface area contributed by atoms with E-state index in [2.05, 4.69) is 20.4 Å². The van der Waals surface area contributed by atoms with Gasteiger partial charge in [-0.05, 0) is 32.4 Å². The smallest absolute Gasteiger partial charge is 0.230 e. The SMILES string of the molecule is Cc1noc(C)c1CN1C[C@H]2C[C@@H](C(=O)Nc3cccnc3)[C@@H](C1)O2. The number of nitrogens with one attached hydrogen (secondary N) is 1. The first-order valence-corrected chi connectivity index (χ1v) is 8.60. The molecule has 1 N–H and O–H groups in total. The van der Waals surface area contributed by atoms with Crippen molar-refractivity contribution in [3.63, 3.8) is 0 Å². The molecule has 2 aliphatic rings. The molecular formula is C18H22N4O3. The topological polar surface area (TPSA) is 80.5 Å². The number of amides is 1. The molecule has 0 aromatic carbocycles. The minimum atomic E-state index is -0.125. The Morgan fingerprint density at radius 2 is 2.28 bits per heavy atom. The average Bonchev–Trinajstić information content (AvgIpc) is 3.08. The van der Waals surface area contributed by atoms with Crippen LogP contribution < -0.4 is 5.32 Å². The van der Waals surface area contributed by atoms with Gasteiger partial charge in [-0.1, -0.05) is 5.16 Å². The van der Waals surface area contributed by atoms with E-state index in [-0.39, 0.29) is 24.0 Å². The number of morpholine rings is 1. The predicted molar refractivity (Wildman–Crippen MR) is 90.9 cm³/mol.